The Morgan fingerprint density at radius 2 is 1.78 bits per heavy atom. The van der Waals surface area contributed by atoms with Gasteiger partial charge in [-0.25, -0.2) is 0 Å². The van der Waals surface area contributed by atoms with Crippen LogP contribution in [0.25, 0.3) is 0 Å². The van der Waals surface area contributed by atoms with Crippen LogP contribution in [0.15, 0.2) is 41.1 Å². The number of benzene rings is 1. The molecule has 0 N–H and O–H groups in total. The molecule has 2 aliphatic rings. The first-order valence-corrected chi connectivity index (χ1v) is 10.6. The van der Waals surface area contributed by atoms with E-state index in [4.69, 9.17) is 23.9 Å². The minimum atomic E-state index is -0.748. The van der Waals surface area contributed by atoms with Gasteiger partial charge in [0.15, 0.2) is 17.3 Å². The average Bonchev–Trinajstić information content (AvgIpc) is 2.74. The number of methoxy groups -OCH3 is 3. The van der Waals surface area contributed by atoms with Crippen LogP contribution < -0.4 is 14.2 Å². The molecule has 1 unspecified atom stereocenters. The van der Waals surface area contributed by atoms with Gasteiger partial charge in [-0.3, -0.25) is 14.6 Å². The molecule has 0 bridgehead atoms. The van der Waals surface area contributed by atoms with Crippen molar-refractivity contribution in [2.75, 3.05) is 27.9 Å². The van der Waals surface area contributed by atoms with E-state index in [0.717, 1.165) is 5.70 Å². The van der Waals surface area contributed by atoms with Crippen molar-refractivity contribution in [3.05, 3.63) is 41.6 Å². The SMILES string of the molecule is C=CCOC(=O)C1C(C)=NC2=C(C(=O)CC(C)(C)C2)[C@H]1c1cc(OC)c(OC)c(OC)c1. The maximum Gasteiger partial charge on any atom is 0.315 e. The summed E-state index contributed by atoms with van der Waals surface area (Å²) in [6, 6.07) is 3.58. The minimum absolute atomic E-state index is 0.00669. The molecule has 1 aliphatic heterocycles. The van der Waals surface area contributed by atoms with Gasteiger partial charge in [-0.15, -0.1) is 0 Å². The van der Waals surface area contributed by atoms with E-state index < -0.39 is 17.8 Å². The fourth-order valence-electron chi connectivity index (χ4n) is 4.62. The summed E-state index contributed by atoms with van der Waals surface area (Å²) in [7, 11) is 4.59. The van der Waals surface area contributed by atoms with Crippen molar-refractivity contribution < 1.29 is 28.5 Å². The molecule has 0 radical (unpaired) electrons. The second kappa shape index (κ2) is 9.18. The molecular weight excluding hydrogens is 410 g/mol. The van der Waals surface area contributed by atoms with Crippen LogP contribution >= 0.6 is 0 Å². The van der Waals surface area contributed by atoms with E-state index >= 15 is 0 Å². The molecule has 0 fully saturated rings. The van der Waals surface area contributed by atoms with E-state index in [9.17, 15) is 9.59 Å². The number of aliphatic imine (C=N–C) groups is 1. The first-order valence-electron chi connectivity index (χ1n) is 10.6. The van der Waals surface area contributed by atoms with E-state index in [0.29, 0.717) is 46.9 Å². The highest BCUT2D eigenvalue weighted by Gasteiger charge is 2.46. The van der Waals surface area contributed by atoms with E-state index in [1.165, 1.54) is 27.4 Å². The lowest BCUT2D eigenvalue weighted by Crippen LogP contribution is -2.39. The molecule has 0 saturated heterocycles. The zero-order valence-corrected chi connectivity index (χ0v) is 19.6. The Balaban J connectivity index is 2.24. The van der Waals surface area contributed by atoms with Gasteiger partial charge in [-0.2, -0.15) is 0 Å². The molecule has 0 amide bonds. The predicted octanol–water partition coefficient (Wildman–Crippen LogP) is 4.26. The number of ketones is 1. The number of ether oxygens (including phenoxy) is 4. The molecule has 1 aromatic carbocycles. The Hall–Kier alpha value is -3.09. The zero-order valence-electron chi connectivity index (χ0n) is 19.6. The summed E-state index contributed by atoms with van der Waals surface area (Å²) in [6.45, 7) is 9.61. The van der Waals surface area contributed by atoms with Gasteiger partial charge in [-0.05, 0) is 36.5 Å². The molecule has 172 valence electrons. The third-order valence-corrected chi connectivity index (χ3v) is 5.95. The summed E-state index contributed by atoms with van der Waals surface area (Å²) < 4.78 is 21.9. The molecule has 0 aromatic heterocycles. The third-order valence-electron chi connectivity index (χ3n) is 5.95. The van der Waals surface area contributed by atoms with E-state index in [1.54, 1.807) is 19.1 Å². The Morgan fingerprint density at radius 3 is 2.31 bits per heavy atom. The number of rotatable bonds is 7. The number of allylic oxidation sites excluding steroid dienone is 2. The monoisotopic (exact) mass is 441 g/mol. The lowest BCUT2D eigenvalue weighted by Gasteiger charge is -2.39. The van der Waals surface area contributed by atoms with E-state index in [1.807, 2.05) is 0 Å². The van der Waals surface area contributed by atoms with Crippen LogP contribution in [0.3, 0.4) is 0 Å². The van der Waals surface area contributed by atoms with Crippen LogP contribution in [0.5, 0.6) is 17.2 Å². The summed E-state index contributed by atoms with van der Waals surface area (Å²) in [5.41, 5.74) is 2.41. The highest BCUT2D eigenvalue weighted by Crippen LogP contribution is 2.50. The molecule has 3 rings (SSSR count). The molecule has 7 nitrogen and oxygen atoms in total. The van der Waals surface area contributed by atoms with Gasteiger partial charge in [0.25, 0.3) is 0 Å². The molecule has 7 heteroatoms. The van der Waals surface area contributed by atoms with Crippen molar-refractivity contribution >= 4 is 17.5 Å². The Morgan fingerprint density at radius 1 is 1.16 bits per heavy atom. The van der Waals surface area contributed by atoms with Crippen LogP contribution in [-0.4, -0.2) is 45.4 Å². The number of hydrogen-bond acceptors (Lipinski definition) is 7. The number of carbonyl (C=O) groups excluding carboxylic acids is 2. The standard InChI is InChI=1S/C25H31NO6/c1-8-9-32-24(28)20-14(2)26-16-12-25(3,4)13-17(27)22(16)21(20)15-10-18(29-5)23(31-7)19(11-15)30-6/h8,10-11,20-21H,1,9,12-13H2,2-7H3/t20?,21-/m0/s1. The fraction of sp³-hybridized carbons (Fsp3) is 0.480. The van der Waals surface area contributed by atoms with Crippen molar-refractivity contribution in [2.24, 2.45) is 16.3 Å². The van der Waals surface area contributed by atoms with E-state index in [-0.39, 0.29) is 17.8 Å². The van der Waals surface area contributed by atoms with Crippen molar-refractivity contribution in [3.8, 4) is 17.2 Å². The van der Waals surface area contributed by atoms with Crippen LogP contribution in [-0.2, 0) is 14.3 Å². The van der Waals surface area contributed by atoms with Gasteiger partial charge in [0.05, 0.1) is 21.3 Å². The van der Waals surface area contributed by atoms with E-state index in [2.05, 4.69) is 20.4 Å². The number of carbonyl (C=O) groups is 2. The Labute approximate surface area is 189 Å². The number of nitrogens with zero attached hydrogens (tertiary/aromatic N) is 1. The third kappa shape index (κ3) is 4.29. The van der Waals surface area contributed by atoms with Crippen LogP contribution in [0.1, 0.15) is 45.1 Å². The highest BCUT2D eigenvalue weighted by atomic mass is 16.5. The van der Waals surface area contributed by atoms with Crippen molar-refractivity contribution in [1.82, 2.24) is 0 Å². The molecule has 1 heterocycles. The molecule has 0 saturated carbocycles. The summed E-state index contributed by atoms with van der Waals surface area (Å²) >= 11 is 0. The number of esters is 1. The molecule has 32 heavy (non-hydrogen) atoms. The number of Topliss-reactive ketones (excluding diaryl/α,β-unsaturated/α-hetero) is 1. The lowest BCUT2D eigenvalue weighted by molar-refractivity contribution is -0.145. The van der Waals surface area contributed by atoms with Crippen molar-refractivity contribution in [3.63, 3.8) is 0 Å². The molecule has 2 atom stereocenters. The molecule has 1 aliphatic carbocycles. The summed E-state index contributed by atoms with van der Waals surface area (Å²) in [6.07, 6.45) is 2.55. The summed E-state index contributed by atoms with van der Waals surface area (Å²) in [5.74, 6) is -0.436. The Kier molecular flexibility index (Phi) is 6.77. The average molecular weight is 442 g/mol. The first kappa shape index (κ1) is 23.6. The normalized spacial score (nSPS) is 21.9. The fourth-order valence-corrected chi connectivity index (χ4v) is 4.62. The van der Waals surface area contributed by atoms with Gasteiger partial charge in [0.2, 0.25) is 5.75 Å². The maximum absolute atomic E-state index is 13.4. The first-order chi connectivity index (χ1) is 15.2. The van der Waals surface area contributed by atoms with Gasteiger partial charge >= 0.3 is 5.97 Å². The van der Waals surface area contributed by atoms with Gasteiger partial charge in [0, 0.05) is 29.3 Å². The smallest absolute Gasteiger partial charge is 0.315 e. The van der Waals surface area contributed by atoms with Gasteiger partial charge < -0.3 is 18.9 Å². The largest absolute Gasteiger partial charge is 0.493 e. The van der Waals surface area contributed by atoms with Crippen molar-refractivity contribution in [2.45, 2.75) is 39.5 Å². The number of hydrogen-bond donors (Lipinski definition) is 0. The quantitative estimate of drug-likeness (QED) is 0.464. The zero-order chi connectivity index (χ0) is 23.6. The molecule has 1 aromatic rings. The second-order valence-electron chi connectivity index (χ2n) is 8.89. The topological polar surface area (TPSA) is 83.4 Å². The second-order valence-corrected chi connectivity index (χ2v) is 8.89. The molecule has 0 spiro atoms. The Bertz CT molecular complexity index is 979. The lowest BCUT2D eigenvalue weighted by atomic mass is 9.67. The summed E-state index contributed by atoms with van der Waals surface area (Å²) in [4.78, 5) is 31.2. The van der Waals surface area contributed by atoms with Crippen molar-refractivity contribution in [1.29, 1.82) is 0 Å². The predicted molar refractivity (Wildman–Crippen MR) is 122 cm³/mol. The molecular formula is C25H31NO6. The van der Waals surface area contributed by atoms with Crippen LogP contribution in [0.4, 0.5) is 0 Å². The maximum atomic E-state index is 13.4. The van der Waals surface area contributed by atoms with Crippen LogP contribution in [0, 0.1) is 11.3 Å². The highest BCUT2D eigenvalue weighted by molar-refractivity contribution is 6.09. The van der Waals surface area contributed by atoms with Gasteiger partial charge in [-0.1, -0.05) is 26.5 Å². The minimum Gasteiger partial charge on any atom is -0.493 e. The summed E-state index contributed by atoms with van der Waals surface area (Å²) in [5, 5.41) is 0. The van der Waals surface area contributed by atoms with Gasteiger partial charge in [0.1, 0.15) is 12.5 Å². The van der Waals surface area contributed by atoms with Crippen LogP contribution in [0.2, 0.25) is 0 Å².